The lowest BCUT2D eigenvalue weighted by Gasteiger charge is -2.10. The first kappa shape index (κ1) is 17.4. The lowest BCUT2D eigenvalue weighted by Crippen LogP contribution is -2.27. The molecule has 0 aliphatic heterocycles. The molecule has 27 heavy (non-hydrogen) atoms. The first-order chi connectivity index (χ1) is 12.9. The summed E-state index contributed by atoms with van der Waals surface area (Å²) in [6.07, 6.45) is 1.16. The Morgan fingerprint density at radius 3 is 2.44 bits per heavy atom. The number of hydrogen-bond donors (Lipinski definition) is 0. The average Bonchev–Trinajstić information content (AvgIpc) is 3.05. The molecule has 0 saturated carbocycles. The third kappa shape index (κ3) is 2.80. The highest BCUT2D eigenvalue weighted by Crippen LogP contribution is 2.37. The van der Waals surface area contributed by atoms with Crippen molar-refractivity contribution in [3.8, 4) is 11.1 Å². The molecule has 0 N–H and O–H groups in total. The van der Waals surface area contributed by atoms with E-state index in [1.807, 2.05) is 18.2 Å². The van der Waals surface area contributed by atoms with Crippen LogP contribution in [0.3, 0.4) is 0 Å². The number of aryl methyl sites for hydroxylation is 2. The minimum atomic E-state index is -1.33. The number of carboxylic acids is 1. The maximum atomic E-state index is 12.2. The van der Waals surface area contributed by atoms with E-state index in [4.69, 9.17) is 20.4 Å². The van der Waals surface area contributed by atoms with E-state index >= 15 is 0 Å². The molecule has 136 valence electrons. The molecule has 0 amide bonds. The zero-order chi connectivity index (χ0) is 19.3. The maximum absolute atomic E-state index is 12.2. The van der Waals surface area contributed by atoms with E-state index in [1.165, 1.54) is 0 Å². The van der Waals surface area contributed by atoms with E-state index in [-0.39, 0.29) is 5.56 Å². The maximum Gasteiger partial charge on any atom is 0.340 e. The molecular formula is C21H14ClO5-. The van der Waals surface area contributed by atoms with Gasteiger partial charge in [-0.25, -0.2) is 4.79 Å². The molecule has 0 saturated heterocycles. The van der Waals surface area contributed by atoms with Gasteiger partial charge in [-0.2, -0.15) is 0 Å². The van der Waals surface area contributed by atoms with Crippen LogP contribution in [-0.2, 0) is 11.2 Å². The highest BCUT2D eigenvalue weighted by molar-refractivity contribution is 6.30. The lowest BCUT2D eigenvalue weighted by atomic mass is 9.97. The Morgan fingerprint density at radius 2 is 1.78 bits per heavy atom. The SMILES string of the molecule is Cc1c(CC(=O)[O-])c(=O)oc2c(C)c3occ(-c4ccc(Cl)cc4)c3cc12. The van der Waals surface area contributed by atoms with Crippen molar-refractivity contribution in [2.24, 2.45) is 0 Å². The van der Waals surface area contributed by atoms with Crippen LogP contribution in [0.4, 0.5) is 0 Å². The summed E-state index contributed by atoms with van der Waals surface area (Å²) in [5.74, 6) is -1.33. The summed E-state index contributed by atoms with van der Waals surface area (Å²) in [6, 6.07) is 9.25. The molecule has 4 rings (SSSR count). The fourth-order valence-corrected chi connectivity index (χ4v) is 3.52. The third-order valence-electron chi connectivity index (χ3n) is 4.82. The molecule has 2 aromatic carbocycles. The largest absolute Gasteiger partial charge is 0.550 e. The molecule has 0 unspecified atom stereocenters. The van der Waals surface area contributed by atoms with Crippen molar-refractivity contribution in [2.75, 3.05) is 0 Å². The van der Waals surface area contributed by atoms with Gasteiger partial charge in [0.05, 0.1) is 6.26 Å². The fraction of sp³-hybridized carbons (Fsp3) is 0.143. The molecule has 4 aromatic rings. The van der Waals surface area contributed by atoms with Crippen LogP contribution in [-0.4, -0.2) is 5.97 Å². The molecule has 0 aliphatic rings. The topological polar surface area (TPSA) is 83.5 Å². The molecule has 2 aromatic heterocycles. The average molecular weight is 382 g/mol. The third-order valence-corrected chi connectivity index (χ3v) is 5.07. The van der Waals surface area contributed by atoms with Gasteiger partial charge in [-0.05, 0) is 43.2 Å². The van der Waals surface area contributed by atoms with Gasteiger partial charge in [0, 0.05) is 44.9 Å². The minimum Gasteiger partial charge on any atom is -0.550 e. The highest BCUT2D eigenvalue weighted by Gasteiger charge is 2.19. The summed E-state index contributed by atoms with van der Waals surface area (Å²) >= 11 is 5.97. The zero-order valence-electron chi connectivity index (χ0n) is 14.6. The molecule has 6 heteroatoms. The molecule has 5 nitrogen and oxygen atoms in total. The number of aliphatic carboxylic acids is 1. The van der Waals surface area contributed by atoms with Crippen molar-refractivity contribution in [1.29, 1.82) is 0 Å². The number of benzene rings is 2. The molecule has 0 bridgehead atoms. The monoisotopic (exact) mass is 381 g/mol. The van der Waals surface area contributed by atoms with E-state index in [2.05, 4.69) is 0 Å². The van der Waals surface area contributed by atoms with E-state index in [0.29, 0.717) is 32.7 Å². The van der Waals surface area contributed by atoms with Crippen molar-refractivity contribution in [2.45, 2.75) is 20.3 Å². The molecular weight excluding hydrogens is 368 g/mol. The van der Waals surface area contributed by atoms with E-state index in [1.54, 1.807) is 32.2 Å². The normalized spacial score (nSPS) is 11.4. The van der Waals surface area contributed by atoms with Crippen molar-refractivity contribution < 1.29 is 18.7 Å². The molecule has 0 radical (unpaired) electrons. The van der Waals surface area contributed by atoms with Gasteiger partial charge in [0.25, 0.3) is 0 Å². The van der Waals surface area contributed by atoms with Gasteiger partial charge in [-0.15, -0.1) is 0 Å². The van der Waals surface area contributed by atoms with Crippen LogP contribution in [0.1, 0.15) is 16.7 Å². The quantitative estimate of drug-likeness (QED) is 0.504. The first-order valence-electron chi connectivity index (χ1n) is 8.29. The second-order valence-electron chi connectivity index (χ2n) is 6.45. The molecule has 0 fully saturated rings. The highest BCUT2D eigenvalue weighted by atomic mass is 35.5. The van der Waals surface area contributed by atoms with Crippen LogP contribution in [0.15, 0.2) is 50.2 Å². The van der Waals surface area contributed by atoms with Crippen LogP contribution < -0.4 is 10.7 Å². The van der Waals surface area contributed by atoms with Crippen molar-refractivity contribution in [3.63, 3.8) is 0 Å². The molecule has 0 aliphatic carbocycles. The number of hydrogen-bond acceptors (Lipinski definition) is 5. The lowest BCUT2D eigenvalue weighted by molar-refractivity contribution is -0.304. The minimum absolute atomic E-state index is 0.0952. The zero-order valence-corrected chi connectivity index (χ0v) is 15.3. The van der Waals surface area contributed by atoms with Crippen molar-refractivity contribution in [3.05, 3.63) is 68.7 Å². The summed E-state index contributed by atoms with van der Waals surface area (Å²) in [6.45, 7) is 3.52. The van der Waals surface area contributed by atoms with Crippen LogP contribution in [0.2, 0.25) is 5.02 Å². The first-order valence-corrected chi connectivity index (χ1v) is 8.67. The second kappa shape index (κ2) is 6.28. The summed E-state index contributed by atoms with van der Waals surface area (Å²) < 4.78 is 11.2. The molecule has 2 heterocycles. The Labute approximate surface area is 158 Å². The summed E-state index contributed by atoms with van der Waals surface area (Å²) in [7, 11) is 0. The number of rotatable bonds is 3. The van der Waals surface area contributed by atoms with Crippen LogP contribution in [0.25, 0.3) is 33.1 Å². The van der Waals surface area contributed by atoms with Crippen molar-refractivity contribution in [1.82, 2.24) is 0 Å². The van der Waals surface area contributed by atoms with Gasteiger partial charge in [0.2, 0.25) is 0 Å². The van der Waals surface area contributed by atoms with Gasteiger partial charge in [-0.3, -0.25) is 0 Å². The van der Waals surface area contributed by atoms with E-state index < -0.39 is 18.0 Å². The molecule has 0 spiro atoms. The Bertz CT molecular complexity index is 1260. The van der Waals surface area contributed by atoms with Gasteiger partial charge >= 0.3 is 5.63 Å². The number of fused-ring (bicyclic) bond motifs is 2. The predicted molar refractivity (Wildman–Crippen MR) is 101 cm³/mol. The smallest absolute Gasteiger partial charge is 0.340 e. The van der Waals surface area contributed by atoms with Gasteiger partial charge in [-0.1, -0.05) is 23.7 Å². The Kier molecular flexibility index (Phi) is 4.04. The van der Waals surface area contributed by atoms with Gasteiger partial charge in [0.15, 0.2) is 0 Å². The van der Waals surface area contributed by atoms with E-state index in [0.717, 1.165) is 16.5 Å². The molecule has 0 atom stereocenters. The second-order valence-corrected chi connectivity index (χ2v) is 6.89. The van der Waals surface area contributed by atoms with Gasteiger partial charge < -0.3 is 18.7 Å². The van der Waals surface area contributed by atoms with Gasteiger partial charge in [0.1, 0.15) is 11.2 Å². The number of furan rings is 1. The Hall–Kier alpha value is -3.05. The van der Waals surface area contributed by atoms with Crippen LogP contribution in [0, 0.1) is 13.8 Å². The number of carbonyl (C=O) groups is 1. The van der Waals surface area contributed by atoms with Crippen molar-refractivity contribution >= 4 is 39.5 Å². The fourth-order valence-electron chi connectivity index (χ4n) is 3.40. The van der Waals surface area contributed by atoms with Crippen LogP contribution in [0.5, 0.6) is 0 Å². The number of carboxylic acid groups (broad SMARTS) is 1. The standard InChI is InChI=1S/C21H15ClO5/c1-10-14-7-16-17(12-3-5-13(22)6-4-12)9-26-19(16)11(2)20(14)27-21(25)15(10)8-18(23)24/h3-7,9H,8H2,1-2H3,(H,23,24)/p-1. The number of halogens is 1. The van der Waals surface area contributed by atoms with E-state index in [9.17, 15) is 14.7 Å². The Balaban J connectivity index is 2.05. The Morgan fingerprint density at radius 1 is 1.07 bits per heavy atom. The number of carbonyl (C=O) groups excluding carboxylic acids is 1. The predicted octanol–water partition coefficient (Wildman–Crippen LogP) is 3.77. The summed E-state index contributed by atoms with van der Waals surface area (Å²) in [4.78, 5) is 23.2. The summed E-state index contributed by atoms with van der Waals surface area (Å²) in [5, 5.41) is 13.2. The van der Waals surface area contributed by atoms with Crippen LogP contribution >= 0.6 is 11.6 Å². The summed E-state index contributed by atoms with van der Waals surface area (Å²) in [5.41, 5.74) is 3.49.